The van der Waals surface area contributed by atoms with Crippen molar-refractivity contribution in [2.24, 2.45) is 10.8 Å². The van der Waals surface area contributed by atoms with Crippen molar-refractivity contribution < 1.29 is 33.4 Å². The first-order chi connectivity index (χ1) is 28.0. The number of fused-ring (bicyclic) bond motifs is 1. The molecule has 1 aliphatic carbocycles. The number of nitrogens with zero attached hydrogens (tertiary/aromatic N) is 4. The molecule has 3 atom stereocenters. The molecular weight excluding hydrogens is 772 g/mol. The van der Waals surface area contributed by atoms with Crippen LogP contribution in [0.15, 0.2) is 60.7 Å². The summed E-state index contributed by atoms with van der Waals surface area (Å²) in [5.74, 6) is -1.20. The van der Waals surface area contributed by atoms with E-state index in [4.69, 9.17) is 21.1 Å². The maximum Gasteiger partial charge on any atom is 0.262 e. The zero-order chi connectivity index (χ0) is 42.4. The highest BCUT2D eigenvalue weighted by Gasteiger charge is 2.64. The molecule has 13 nitrogen and oxygen atoms in total. The number of rotatable bonds is 12. The molecule has 0 bridgehead atoms. The predicted octanol–water partition coefficient (Wildman–Crippen LogP) is 5.98. The lowest BCUT2D eigenvalue weighted by Crippen LogP contribution is -2.74. The third-order valence-corrected chi connectivity index (χ3v) is 12.8. The first-order valence-electron chi connectivity index (χ1n) is 20.3. The number of ether oxygens (including phenoxy) is 2. The summed E-state index contributed by atoms with van der Waals surface area (Å²) in [5.41, 5.74) is 1.76. The normalized spacial score (nSPS) is 24.8. The molecule has 0 spiro atoms. The molecule has 0 aromatic heterocycles. The van der Waals surface area contributed by atoms with E-state index in [9.17, 15) is 29.2 Å². The van der Waals surface area contributed by atoms with Crippen molar-refractivity contribution in [2.75, 3.05) is 31.1 Å². The fraction of sp³-hybridized carbons (Fsp3) is 0.467. The predicted molar refractivity (Wildman–Crippen MR) is 222 cm³/mol. The molecule has 7 rings (SSSR count). The van der Waals surface area contributed by atoms with Crippen molar-refractivity contribution in [1.29, 1.82) is 5.26 Å². The van der Waals surface area contributed by atoms with E-state index >= 15 is 0 Å². The van der Waals surface area contributed by atoms with Gasteiger partial charge in [0, 0.05) is 65.8 Å². The number of hydrogen-bond acceptors (Lipinski definition) is 10. The van der Waals surface area contributed by atoms with Gasteiger partial charge in [-0.3, -0.25) is 39.1 Å². The highest BCUT2D eigenvalue weighted by atomic mass is 35.5. The van der Waals surface area contributed by atoms with Crippen LogP contribution >= 0.6 is 11.6 Å². The van der Waals surface area contributed by atoms with Crippen molar-refractivity contribution in [1.82, 2.24) is 20.4 Å². The summed E-state index contributed by atoms with van der Waals surface area (Å²) >= 11 is 6.25. The van der Waals surface area contributed by atoms with Gasteiger partial charge in [-0.25, -0.2) is 0 Å². The minimum absolute atomic E-state index is 0.0693. The second-order valence-electron chi connectivity index (χ2n) is 17.4. The molecule has 310 valence electrons. The Labute approximate surface area is 349 Å². The summed E-state index contributed by atoms with van der Waals surface area (Å²) in [4.78, 5) is 69.5. The number of unbranched alkanes of at least 4 members (excludes halogenated alkanes) is 1. The maximum atomic E-state index is 13.5. The van der Waals surface area contributed by atoms with Gasteiger partial charge in [0.05, 0.1) is 28.3 Å². The number of anilines is 1. The lowest BCUT2D eigenvalue weighted by molar-refractivity contribution is -0.164. The fourth-order valence-corrected chi connectivity index (χ4v) is 9.98. The van der Waals surface area contributed by atoms with Crippen molar-refractivity contribution in [3.05, 3.63) is 87.9 Å². The third-order valence-electron chi connectivity index (χ3n) is 12.5. The van der Waals surface area contributed by atoms with Crippen LogP contribution in [0.25, 0.3) is 0 Å². The number of halogens is 1. The second-order valence-corrected chi connectivity index (χ2v) is 17.8. The van der Waals surface area contributed by atoms with Crippen molar-refractivity contribution >= 4 is 46.8 Å². The monoisotopic (exact) mass is 822 g/mol. The van der Waals surface area contributed by atoms with E-state index in [0.717, 1.165) is 43.1 Å². The van der Waals surface area contributed by atoms with Crippen LogP contribution in [-0.4, -0.2) is 95.8 Å². The number of hydrogen-bond donors (Lipinski definition) is 2. The first-order valence-corrected chi connectivity index (χ1v) is 20.7. The Morgan fingerprint density at radius 3 is 2.20 bits per heavy atom. The molecule has 1 unspecified atom stereocenters. The lowest BCUT2D eigenvalue weighted by Gasteiger charge is -2.63. The SMILES string of the molecule is C[C@@H]1CN(c2ccc(C(=O)NC3C(C)(C)C(Oc4ccc(C#N)c(Cl)c4)C3(C)C)cc2)C[C@H](C)N1CCCCOc1ccc2c(c1)C(=O)N(C1CCC(=O)NC1=O)C2=O. The average molecular weight is 823 g/mol. The molecular formula is C45H51ClN6O7. The van der Waals surface area contributed by atoms with Gasteiger partial charge in [0.15, 0.2) is 0 Å². The zero-order valence-electron chi connectivity index (χ0n) is 34.3. The number of nitrogens with one attached hydrogen (secondary N) is 2. The minimum atomic E-state index is -1.01. The second kappa shape index (κ2) is 16.3. The molecule has 1 saturated carbocycles. The molecule has 59 heavy (non-hydrogen) atoms. The largest absolute Gasteiger partial charge is 0.494 e. The molecule has 3 fully saturated rings. The molecule has 3 aliphatic heterocycles. The standard InChI is InChI=1S/C45H51ClN6O7/c1-26-24-50(30-12-9-28(10-13-30)38(54)49-42-44(3,4)43(45(42,5)6)59-32-14-11-29(23-47)35(46)22-32)25-27(2)51(26)19-7-8-20-58-31-15-16-33-34(21-31)41(57)52(40(33)56)36-17-18-37(53)48-39(36)55/h9-16,21-22,26-27,36,42-43H,7-8,17-20,24-25H2,1-6H3,(H,49,54)(H,48,53,55)/t26-,27+,36?,42?,43?. The summed E-state index contributed by atoms with van der Waals surface area (Å²) in [7, 11) is 0. The fourth-order valence-electron chi connectivity index (χ4n) is 9.77. The number of benzene rings is 3. The summed E-state index contributed by atoms with van der Waals surface area (Å²) in [6, 6.07) is 19.2. The van der Waals surface area contributed by atoms with Gasteiger partial charge >= 0.3 is 0 Å². The Morgan fingerprint density at radius 2 is 1.56 bits per heavy atom. The van der Waals surface area contributed by atoms with Crippen molar-refractivity contribution in [2.45, 2.75) is 97.5 Å². The Hall–Kier alpha value is -5.45. The van der Waals surface area contributed by atoms with E-state index in [1.54, 1.807) is 36.4 Å². The summed E-state index contributed by atoms with van der Waals surface area (Å²) in [5, 5.41) is 15.1. The molecule has 3 aromatic rings. The number of carbonyl (C=O) groups excluding carboxylic acids is 5. The first kappa shape index (κ1) is 41.7. The van der Waals surface area contributed by atoms with Gasteiger partial charge in [-0.15, -0.1) is 0 Å². The number of imide groups is 2. The summed E-state index contributed by atoms with van der Waals surface area (Å²) in [6.45, 7) is 15.9. The summed E-state index contributed by atoms with van der Waals surface area (Å²) < 4.78 is 12.4. The smallest absolute Gasteiger partial charge is 0.262 e. The number of amides is 5. The molecule has 3 heterocycles. The Kier molecular flexibility index (Phi) is 11.5. The molecule has 4 aliphatic rings. The topological polar surface area (TPSA) is 161 Å². The number of piperazine rings is 1. The third kappa shape index (κ3) is 8.00. The van der Waals surface area contributed by atoms with Crippen LogP contribution in [-0.2, 0) is 9.59 Å². The van der Waals surface area contributed by atoms with E-state index < -0.39 is 29.7 Å². The average Bonchev–Trinajstić information content (AvgIpc) is 3.44. The van der Waals surface area contributed by atoms with Crippen LogP contribution in [0.3, 0.4) is 0 Å². The van der Waals surface area contributed by atoms with E-state index in [0.29, 0.717) is 46.3 Å². The van der Waals surface area contributed by atoms with Crippen LogP contribution in [0.4, 0.5) is 5.69 Å². The quantitative estimate of drug-likeness (QED) is 0.164. The highest BCUT2D eigenvalue weighted by molar-refractivity contribution is 6.31. The van der Waals surface area contributed by atoms with Crippen LogP contribution < -0.4 is 25.0 Å². The number of nitriles is 1. The van der Waals surface area contributed by atoms with E-state index in [1.807, 2.05) is 24.3 Å². The minimum Gasteiger partial charge on any atom is -0.494 e. The van der Waals surface area contributed by atoms with Gasteiger partial charge in [0.1, 0.15) is 29.7 Å². The van der Waals surface area contributed by atoms with Gasteiger partial charge in [0.2, 0.25) is 11.8 Å². The molecule has 14 heteroatoms. The molecule has 5 amide bonds. The van der Waals surface area contributed by atoms with Gasteiger partial charge in [-0.1, -0.05) is 39.3 Å². The van der Waals surface area contributed by atoms with Crippen molar-refractivity contribution in [3.8, 4) is 17.6 Å². The van der Waals surface area contributed by atoms with E-state index in [1.165, 1.54) is 0 Å². The van der Waals surface area contributed by atoms with Gasteiger partial charge in [0.25, 0.3) is 17.7 Å². The molecule has 3 aromatic carbocycles. The number of carbonyl (C=O) groups is 5. The lowest BCUT2D eigenvalue weighted by atomic mass is 9.49. The molecule has 2 N–H and O–H groups in total. The van der Waals surface area contributed by atoms with E-state index in [2.05, 4.69) is 68.0 Å². The maximum absolute atomic E-state index is 13.5. The van der Waals surface area contributed by atoms with Gasteiger partial charge < -0.3 is 19.7 Å². The number of piperidine rings is 1. The molecule has 2 saturated heterocycles. The van der Waals surface area contributed by atoms with Crippen LogP contribution in [0.5, 0.6) is 11.5 Å². The van der Waals surface area contributed by atoms with Crippen LogP contribution in [0.1, 0.15) is 104 Å². The van der Waals surface area contributed by atoms with Gasteiger partial charge in [-0.05, 0) is 94.3 Å². The Balaban J connectivity index is 0.861. The van der Waals surface area contributed by atoms with Crippen LogP contribution in [0.2, 0.25) is 5.02 Å². The Morgan fingerprint density at radius 1 is 0.898 bits per heavy atom. The Bertz CT molecular complexity index is 2190. The van der Waals surface area contributed by atoms with Crippen LogP contribution in [0, 0.1) is 22.2 Å². The van der Waals surface area contributed by atoms with Crippen molar-refractivity contribution in [3.63, 3.8) is 0 Å². The van der Waals surface area contributed by atoms with Gasteiger partial charge in [-0.2, -0.15) is 5.26 Å². The molecule has 0 radical (unpaired) electrons. The van der Waals surface area contributed by atoms with E-state index in [-0.39, 0.29) is 52.9 Å². The highest BCUT2D eigenvalue weighted by Crippen LogP contribution is 2.55. The zero-order valence-corrected chi connectivity index (χ0v) is 35.1. The summed E-state index contributed by atoms with van der Waals surface area (Å²) in [6.07, 6.45) is 1.69.